The Balaban J connectivity index is 1.56. The molecular formula is C21H18N4O4. The van der Waals surface area contributed by atoms with Crippen molar-refractivity contribution < 1.29 is 18.9 Å². The normalized spacial score (nSPS) is 12.9. The average molecular weight is 390 g/mol. The van der Waals surface area contributed by atoms with Crippen LogP contribution in [-0.2, 0) is 16.1 Å². The van der Waals surface area contributed by atoms with Gasteiger partial charge >= 0.3 is 0 Å². The Kier molecular flexibility index (Phi) is 4.90. The first-order valence-corrected chi connectivity index (χ1v) is 9.25. The average Bonchev–Trinajstić information content (AvgIpc) is 3.28. The van der Waals surface area contributed by atoms with Gasteiger partial charge in [0.25, 0.3) is 11.7 Å². The van der Waals surface area contributed by atoms with Gasteiger partial charge in [-0.3, -0.25) is 19.3 Å². The summed E-state index contributed by atoms with van der Waals surface area (Å²) in [6.45, 7) is 1.89. The minimum Gasteiger partial charge on any atom is -0.337 e. The molecule has 0 spiro atoms. The van der Waals surface area contributed by atoms with Crippen LogP contribution < -0.4 is 10.2 Å². The van der Waals surface area contributed by atoms with E-state index in [0.29, 0.717) is 23.6 Å². The van der Waals surface area contributed by atoms with E-state index in [1.165, 1.54) is 11.0 Å². The molecule has 0 saturated carbocycles. The molecular weight excluding hydrogens is 372 g/mol. The molecule has 0 fully saturated rings. The van der Waals surface area contributed by atoms with Crippen LogP contribution in [-0.4, -0.2) is 27.7 Å². The van der Waals surface area contributed by atoms with Crippen molar-refractivity contribution in [2.24, 2.45) is 0 Å². The quantitative estimate of drug-likeness (QED) is 0.648. The molecule has 0 saturated heterocycles. The summed E-state index contributed by atoms with van der Waals surface area (Å²) in [6.07, 6.45) is 1.11. The molecule has 1 aliphatic heterocycles. The minimum atomic E-state index is -0.670. The van der Waals surface area contributed by atoms with Crippen LogP contribution in [0.4, 0.5) is 11.4 Å². The van der Waals surface area contributed by atoms with Crippen LogP contribution in [0.2, 0.25) is 0 Å². The van der Waals surface area contributed by atoms with E-state index in [9.17, 15) is 14.4 Å². The van der Waals surface area contributed by atoms with Crippen LogP contribution in [0, 0.1) is 0 Å². The number of nitrogens with one attached hydrogen (secondary N) is 1. The van der Waals surface area contributed by atoms with E-state index in [2.05, 4.69) is 15.5 Å². The van der Waals surface area contributed by atoms with Crippen molar-refractivity contribution in [3.8, 4) is 11.4 Å². The molecule has 8 nitrogen and oxygen atoms in total. The number of ketones is 1. The lowest BCUT2D eigenvalue weighted by Gasteiger charge is -2.14. The van der Waals surface area contributed by atoms with Gasteiger partial charge in [0.15, 0.2) is 0 Å². The van der Waals surface area contributed by atoms with Crippen molar-refractivity contribution in [1.29, 1.82) is 0 Å². The third-order valence-corrected chi connectivity index (χ3v) is 4.53. The maximum absolute atomic E-state index is 12.5. The zero-order chi connectivity index (χ0) is 20.4. The van der Waals surface area contributed by atoms with Gasteiger partial charge in [-0.2, -0.15) is 4.98 Å². The third-order valence-electron chi connectivity index (χ3n) is 4.53. The topological polar surface area (TPSA) is 105 Å². The Morgan fingerprint density at radius 3 is 2.69 bits per heavy atom. The Hall–Kier alpha value is -3.81. The van der Waals surface area contributed by atoms with E-state index in [-0.39, 0.29) is 23.9 Å². The maximum Gasteiger partial charge on any atom is 0.299 e. The molecule has 1 aliphatic rings. The number of anilines is 2. The number of carbonyl (C=O) groups is 3. The number of fused-ring (bicyclic) bond motifs is 1. The molecule has 1 N–H and O–H groups in total. The second-order valence-electron chi connectivity index (χ2n) is 6.63. The van der Waals surface area contributed by atoms with Gasteiger partial charge in [-0.05, 0) is 24.6 Å². The SMILES string of the molecule is CCCC(=O)Nc1ccc2c(c1)C(=O)C(=O)N2Cc1nc(-c2ccccc2)no1. The van der Waals surface area contributed by atoms with E-state index in [1.54, 1.807) is 12.1 Å². The van der Waals surface area contributed by atoms with Crippen LogP contribution in [0.5, 0.6) is 0 Å². The van der Waals surface area contributed by atoms with E-state index in [0.717, 1.165) is 12.0 Å². The number of hydrogen-bond acceptors (Lipinski definition) is 6. The summed E-state index contributed by atoms with van der Waals surface area (Å²) >= 11 is 0. The first kappa shape index (κ1) is 18.5. The van der Waals surface area contributed by atoms with Crippen molar-refractivity contribution in [3.63, 3.8) is 0 Å². The van der Waals surface area contributed by atoms with Crippen LogP contribution >= 0.6 is 0 Å². The fourth-order valence-electron chi connectivity index (χ4n) is 3.14. The standard InChI is InChI=1S/C21H18N4O4/c1-2-6-17(26)22-14-9-10-16-15(11-14)19(27)21(28)25(16)12-18-23-20(24-29-18)13-7-4-3-5-8-13/h3-5,7-11H,2,6,12H2,1H3,(H,22,26). The van der Waals surface area contributed by atoms with Crippen molar-refractivity contribution in [1.82, 2.24) is 10.1 Å². The number of amides is 2. The number of Topliss-reactive ketones (excluding diaryl/α,β-unsaturated/α-hetero) is 1. The first-order chi connectivity index (χ1) is 14.1. The molecule has 29 heavy (non-hydrogen) atoms. The van der Waals surface area contributed by atoms with E-state index >= 15 is 0 Å². The van der Waals surface area contributed by atoms with Gasteiger partial charge in [0.1, 0.15) is 6.54 Å². The smallest absolute Gasteiger partial charge is 0.299 e. The minimum absolute atomic E-state index is 0.0149. The molecule has 0 atom stereocenters. The number of hydrogen-bond donors (Lipinski definition) is 1. The maximum atomic E-state index is 12.5. The highest BCUT2D eigenvalue weighted by atomic mass is 16.5. The van der Waals surface area contributed by atoms with Crippen LogP contribution in [0.25, 0.3) is 11.4 Å². The van der Waals surface area contributed by atoms with E-state index in [1.807, 2.05) is 37.3 Å². The van der Waals surface area contributed by atoms with Crippen molar-refractivity contribution in [2.45, 2.75) is 26.3 Å². The highest BCUT2D eigenvalue weighted by molar-refractivity contribution is 6.52. The molecule has 2 heterocycles. The second-order valence-corrected chi connectivity index (χ2v) is 6.63. The molecule has 8 heteroatoms. The first-order valence-electron chi connectivity index (χ1n) is 9.25. The summed E-state index contributed by atoms with van der Waals surface area (Å²) in [5.74, 6) is -0.808. The van der Waals surface area contributed by atoms with Crippen molar-refractivity contribution in [2.75, 3.05) is 10.2 Å². The summed E-state index contributed by atoms with van der Waals surface area (Å²) in [4.78, 5) is 42.3. The monoisotopic (exact) mass is 390 g/mol. The summed E-state index contributed by atoms with van der Waals surface area (Å²) in [6, 6.07) is 14.1. The third kappa shape index (κ3) is 3.64. The fraction of sp³-hybridized carbons (Fsp3) is 0.190. The predicted octanol–water partition coefficient (Wildman–Crippen LogP) is 3.20. The molecule has 2 aromatic carbocycles. The number of benzene rings is 2. The summed E-state index contributed by atoms with van der Waals surface area (Å²) in [5, 5.41) is 6.67. The number of aromatic nitrogens is 2. The molecule has 4 rings (SSSR count). The lowest BCUT2D eigenvalue weighted by molar-refractivity contribution is -0.116. The molecule has 0 aliphatic carbocycles. The van der Waals surface area contributed by atoms with Crippen molar-refractivity contribution >= 4 is 29.0 Å². The van der Waals surface area contributed by atoms with Gasteiger partial charge < -0.3 is 9.84 Å². The molecule has 0 radical (unpaired) electrons. The van der Waals surface area contributed by atoms with Gasteiger partial charge in [-0.15, -0.1) is 0 Å². The number of rotatable bonds is 6. The Morgan fingerprint density at radius 2 is 1.93 bits per heavy atom. The summed E-state index contributed by atoms with van der Waals surface area (Å²) < 4.78 is 5.26. The van der Waals surface area contributed by atoms with E-state index < -0.39 is 11.7 Å². The highest BCUT2D eigenvalue weighted by Gasteiger charge is 2.37. The summed E-state index contributed by atoms with van der Waals surface area (Å²) in [7, 11) is 0. The lowest BCUT2D eigenvalue weighted by atomic mass is 10.1. The van der Waals surface area contributed by atoms with Crippen molar-refractivity contribution in [3.05, 3.63) is 60.0 Å². The molecule has 0 unspecified atom stereocenters. The number of carbonyl (C=O) groups excluding carboxylic acids is 3. The van der Waals surface area contributed by atoms with Gasteiger partial charge in [0.05, 0.1) is 11.3 Å². The number of nitrogens with zero attached hydrogens (tertiary/aromatic N) is 3. The fourth-order valence-corrected chi connectivity index (χ4v) is 3.14. The highest BCUT2D eigenvalue weighted by Crippen LogP contribution is 2.32. The van der Waals surface area contributed by atoms with Gasteiger partial charge in [-0.1, -0.05) is 42.4 Å². The predicted molar refractivity (Wildman–Crippen MR) is 105 cm³/mol. The van der Waals surface area contributed by atoms with Crippen LogP contribution in [0.15, 0.2) is 53.1 Å². The van der Waals surface area contributed by atoms with E-state index in [4.69, 9.17) is 4.52 Å². The molecule has 0 bridgehead atoms. The van der Waals surface area contributed by atoms with Gasteiger partial charge in [-0.25, -0.2) is 0 Å². The Morgan fingerprint density at radius 1 is 1.14 bits per heavy atom. The Labute approximate surface area is 166 Å². The Bertz CT molecular complexity index is 1090. The molecule has 1 aromatic heterocycles. The second kappa shape index (κ2) is 7.67. The largest absolute Gasteiger partial charge is 0.337 e. The van der Waals surface area contributed by atoms with Crippen LogP contribution in [0.1, 0.15) is 36.0 Å². The lowest BCUT2D eigenvalue weighted by Crippen LogP contribution is -2.29. The van der Waals surface area contributed by atoms with Gasteiger partial charge in [0.2, 0.25) is 17.6 Å². The molecule has 2 amide bonds. The summed E-state index contributed by atoms with van der Waals surface area (Å²) in [5.41, 5.74) is 1.97. The zero-order valence-electron chi connectivity index (χ0n) is 15.7. The van der Waals surface area contributed by atoms with Crippen LogP contribution in [0.3, 0.4) is 0 Å². The zero-order valence-corrected chi connectivity index (χ0v) is 15.7. The molecule has 3 aromatic rings. The van der Waals surface area contributed by atoms with Gasteiger partial charge in [0, 0.05) is 17.7 Å². The molecule has 146 valence electrons.